The lowest BCUT2D eigenvalue weighted by molar-refractivity contribution is -0.135. The van der Waals surface area contributed by atoms with Crippen LogP contribution in [0.15, 0.2) is 54.6 Å². The molecule has 2 aliphatic rings. The number of hydrogen-bond donors (Lipinski definition) is 1. The first-order chi connectivity index (χ1) is 15.0. The van der Waals surface area contributed by atoms with Crippen molar-refractivity contribution in [1.82, 2.24) is 14.7 Å². The van der Waals surface area contributed by atoms with E-state index >= 15 is 0 Å². The quantitative estimate of drug-likeness (QED) is 0.820. The van der Waals surface area contributed by atoms with E-state index in [2.05, 4.69) is 0 Å². The van der Waals surface area contributed by atoms with Crippen molar-refractivity contribution in [2.24, 2.45) is 5.92 Å². The van der Waals surface area contributed by atoms with Gasteiger partial charge in [0.05, 0.1) is 11.5 Å². The lowest BCUT2D eigenvalue weighted by atomic mass is 10.1. The molecule has 7 nitrogen and oxygen atoms in total. The van der Waals surface area contributed by atoms with E-state index in [-0.39, 0.29) is 41.4 Å². The van der Waals surface area contributed by atoms with Crippen molar-refractivity contribution >= 4 is 17.7 Å². The molecule has 4 rings (SSSR count). The van der Waals surface area contributed by atoms with Crippen molar-refractivity contribution in [1.29, 1.82) is 0 Å². The Morgan fingerprint density at radius 3 is 2.35 bits per heavy atom. The molecule has 2 saturated heterocycles. The Morgan fingerprint density at radius 1 is 0.903 bits per heavy atom. The first kappa shape index (κ1) is 20.9. The number of carbonyl (C=O) groups is 3. The van der Waals surface area contributed by atoms with Gasteiger partial charge in [0.15, 0.2) is 0 Å². The number of likely N-dealkylation sites (tertiary alicyclic amines) is 1. The Balaban J connectivity index is 1.35. The zero-order valence-corrected chi connectivity index (χ0v) is 17.4. The third-order valence-electron chi connectivity index (χ3n) is 6.01. The minimum Gasteiger partial charge on any atom is -0.507 e. The summed E-state index contributed by atoms with van der Waals surface area (Å²) in [4.78, 5) is 43.5. The summed E-state index contributed by atoms with van der Waals surface area (Å²) in [7, 11) is 0. The topological polar surface area (TPSA) is 81.2 Å². The monoisotopic (exact) mass is 421 g/mol. The largest absolute Gasteiger partial charge is 0.507 e. The lowest BCUT2D eigenvalue weighted by Crippen LogP contribution is -2.40. The van der Waals surface area contributed by atoms with E-state index in [1.165, 1.54) is 6.07 Å². The Morgan fingerprint density at radius 2 is 1.58 bits per heavy atom. The van der Waals surface area contributed by atoms with Crippen molar-refractivity contribution < 1.29 is 19.5 Å². The van der Waals surface area contributed by atoms with Crippen molar-refractivity contribution in [2.45, 2.75) is 19.4 Å². The van der Waals surface area contributed by atoms with Crippen molar-refractivity contribution in [3.05, 3.63) is 65.7 Å². The molecule has 0 radical (unpaired) electrons. The van der Waals surface area contributed by atoms with E-state index in [0.29, 0.717) is 45.7 Å². The summed E-state index contributed by atoms with van der Waals surface area (Å²) in [6.07, 6.45) is 0.905. The van der Waals surface area contributed by atoms with E-state index in [4.69, 9.17) is 0 Å². The van der Waals surface area contributed by atoms with Crippen LogP contribution in [-0.4, -0.2) is 70.3 Å². The second-order valence-electron chi connectivity index (χ2n) is 8.15. The van der Waals surface area contributed by atoms with Gasteiger partial charge in [-0.25, -0.2) is 0 Å². The van der Waals surface area contributed by atoms with E-state index in [1.807, 2.05) is 30.3 Å². The summed E-state index contributed by atoms with van der Waals surface area (Å²) >= 11 is 0. The molecule has 162 valence electrons. The molecule has 1 atom stereocenters. The highest BCUT2D eigenvalue weighted by molar-refractivity contribution is 5.97. The van der Waals surface area contributed by atoms with Gasteiger partial charge in [-0.05, 0) is 24.1 Å². The van der Waals surface area contributed by atoms with Gasteiger partial charge in [0.1, 0.15) is 5.75 Å². The van der Waals surface area contributed by atoms with Crippen LogP contribution in [0, 0.1) is 5.92 Å². The predicted octanol–water partition coefficient (Wildman–Crippen LogP) is 2.12. The Kier molecular flexibility index (Phi) is 6.21. The van der Waals surface area contributed by atoms with Crippen LogP contribution in [0.25, 0.3) is 0 Å². The molecule has 1 N–H and O–H groups in total. The van der Waals surface area contributed by atoms with Crippen LogP contribution in [0.1, 0.15) is 28.8 Å². The highest BCUT2D eigenvalue weighted by atomic mass is 16.3. The summed E-state index contributed by atoms with van der Waals surface area (Å²) in [5.74, 6) is -0.601. The summed E-state index contributed by atoms with van der Waals surface area (Å²) in [6.45, 7) is 2.89. The third kappa shape index (κ3) is 4.71. The SMILES string of the molecule is O=C1CC(C(=O)N2CCCN(C(=O)c3ccccc3O)CC2)CN1Cc1ccccc1. The van der Waals surface area contributed by atoms with Crippen LogP contribution >= 0.6 is 0 Å². The first-order valence-corrected chi connectivity index (χ1v) is 10.7. The average Bonchev–Trinajstić information content (AvgIpc) is 2.99. The lowest BCUT2D eigenvalue weighted by Gasteiger charge is -2.25. The highest BCUT2D eigenvalue weighted by Crippen LogP contribution is 2.24. The molecule has 1 unspecified atom stereocenters. The summed E-state index contributed by atoms with van der Waals surface area (Å²) < 4.78 is 0. The molecule has 2 heterocycles. The van der Waals surface area contributed by atoms with Crippen molar-refractivity contribution in [3.8, 4) is 5.75 Å². The smallest absolute Gasteiger partial charge is 0.257 e. The summed E-state index contributed by atoms with van der Waals surface area (Å²) in [6, 6.07) is 16.3. The Labute approximate surface area is 181 Å². The van der Waals surface area contributed by atoms with Gasteiger partial charge in [-0.15, -0.1) is 0 Å². The van der Waals surface area contributed by atoms with Gasteiger partial charge in [0.25, 0.3) is 5.91 Å². The number of phenolic OH excluding ortho intramolecular Hbond substituents is 1. The molecule has 0 bridgehead atoms. The maximum Gasteiger partial charge on any atom is 0.257 e. The van der Waals surface area contributed by atoms with E-state index < -0.39 is 0 Å². The minimum atomic E-state index is -0.336. The van der Waals surface area contributed by atoms with Gasteiger partial charge in [-0.1, -0.05) is 42.5 Å². The second-order valence-corrected chi connectivity index (χ2v) is 8.15. The minimum absolute atomic E-state index is 0.00776. The van der Waals surface area contributed by atoms with Crippen LogP contribution < -0.4 is 0 Å². The number of para-hydroxylation sites is 1. The van der Waals surface area contributed by atoms with Crippen molar-refractivity contribution in [2.75, 3.05) is 32.7 Å². The van der Waals surface area contributed by atoms with Crippen LogP contribution in [-0.2, 0) is 16.1 Å². The molecule has 3 amide bonds. The number of hydrogen-bond acceptors (Lipinski definition) is 4. The van der Waals surface area contributed by atoms with Crippen LogP contribution in [0.2, 0.25) is 0 Å². The van der Waals surface area contributed by atoms with Crippen molar-refractivity contribution in [3.63, 3.8) is 0 Å². The molecular formula is C24H27N3O4. The van der Waals surface area contributed by atoms with Crippen LogP contribution in [0.4, 0.5) is 0 Å². The molecule has 0 aromatic heterocycles. The fourth-order valence-corrected chi connectivity index (χ4v) is 4.32. The fraction of sp³-hybridized carbons (Fsp3) is 0.375. The molecule has 0 spiro atoms. The molecule has 2 fully saturated rings. The number of rotatable bonds is 4. The summed E-state index contributed by atoms with van der Waals surface area (Å²) in [5, 5.41) is 9.97. The average molecular weight is 421 g/mol. The van der Waals surface area contributed by atoms with Gasteiger partial charge in [-0.2, -0.15) is 0 Å². The van der Waals surface area contributed by atoms with Gasteiger partial charge in [0, 0.05) is 45.7 Å². The standard InChI is InChI=1S/C24H27N3O4/c28-21-10-5-4-9-20(21)24(31)26-12-6-11-25(13-14-26)23(30)19-15-22(29)27(17-19)16-18-7-2-1-3-8-18/h1-5,7-10,19,28H,6,11-17H2. The first-order valence-electron chi connectivity index (χ1n) is 10.7. The molecule has 2 aromatic rings. The highest BCUT2D eigenvalue weighted by Gasteiger charge is 2.37. The summed E-state index contributed by atoms with van der Waals surface area (Å²) in [5.41, 5.74) is 1.33. The van der Waals surface area contributed by atoms with Crippen LogP contribution in [0.3, 0.4) is 0 Å². The molecule has 2 aliphatic heterocycles. The molecule has 31 heavy (non-hydrogen) atoms. The number of nitrogens with zero attached hydrogens (tertiary/aromatic N) is 3. The molecular weight excluding hydrogens is 394 g/mol. The maximum atomic E-state index is 13.1. The van der Waals surface area contributed by atoms with E-state index in [0.717, 1.165) is 5.56 Å². The molecule has 2 aromatic carbocycles. The number of aromatic hydroxyl groups is 1. The third-order valence-corrected chi connectivity index (χ3v) is 6.01. The molecule has 7 heteroatoms. The number of benzene rings is 2. The van der Waals surface area contributed by atoms with Crippen LogP contribution in [0.5, 0.6) is 5.75 Å². The number of phenols is 1. The van der Waals surface area contributed by atoms with Gasteiger partial charge in [0.2, 0.25) is 11.8 Å². The van der Waals surface area contributed by atoms with E-state index in [1.54, 1.807) is 32.9 Å². The predicted molar refractivity (Wildman–Crippen MR) is 115 cm³/mol. The maximum absolute atomic E-state index is 13.1. The zero-order chi connectivity index (χ0) is 21.8. The van der Waals surface area contributed by atoms with E-state index in [9.17, 15) is 19.5 Å². The Bertz CT molecular complexity index is 962. The number of amides is 3. The molecule has 0 aliphatic carbocycles. The second kappa shape index (κ2) is 9.20. The fourth-order valence-electron chi connectivity index (χ4n) is 4.32. The van der Waals surface area contributed by atoms with Gasteiger partial charge in [-0.3, -0.25) is 14.4 Å². The van der Waals surface area contributed by atoms with Gasteiger partial charge < -0.3 is 19.8 Å². The molecule has 0 saturated carbocycles. The Hall–Kier alpha value is -3.35. The zero-order valence-electron chi connectivity index (χ0n) is 17.4. The normalized spacial score (nSPS) is 19.4. The van der Waals surface area contributed by atoms with Gasteiger partial charge >= 0.3 is 0 Å². The number of carbonyl (C=O) groups excluding carboxylic acids is 3.